The van der Waals surface area contributed by atoms with Crippen molar-refractivity contribution < 1.29 is 0 Å². The van der Waals surface area contributed by atoms with Gasteiger partial charge in [-0.15, -0.1) is 11.3 Å². The smallest absolute Gasteiger partial charge is 0.302 e. The highest BCUT2D eigenvalue weighted by Crippen LogP contribution is 2.32. The van der Waals surface area contributed by atoms with Gasteiger partial charge >= 0.3 is 5.69 Å². The van der Waals surface area contributed by atoms with E-state index in [9.17, 15) is 9.59 Å². The summed E-state index contributed by atoms with van der Waals surface area (Å²) in [4.78, 5) is 33.8. The van der Waals surface area contributed by atoms with E-state index in [4.69, 9.17) is 11.6 Å². The molecule has 30 heavy (non-hydrogen) atoms. The largest absolute Gasteiger partial charge is 0.336 e. The Hall–Kier alpha value is -1.93. The summed E-state index contributed by atoms with van der Waals surface area (Å²) in [5, 5.41) is 1.30. The minimum Gasteiger partial charge on any atom is -0.302 e. The Morgan fingerprint density at radius 3 is 2.50 bits per heavy atom. The molecule has 1 aromatic carbocycles. The molecule has 2 aliphatic rings. The third-order valence-electron chi connectivity index (χ3n) is 6.24. The second-order valence-corrected chi connectivity index (χ2v) is 9.79. The Labute approximate surface area is 183 Å². The lowest BCUT2D eigenvalue weighted by molar-refractivity contribution is 0.317. The molecule has 6 nitrogen and oxygen atoms in total. The number of likely N-dealkylation sites (tertiary alicyclic amines) is 1. The van der Waals surface area contributed by atoms with Crippen LogP contribution in [0.5, 0.6) is 0 Å². The maximum absolute atomic E-state index is 13.6. The Balaban J connectivity index is 1.72. The van der Waals surface area contributed by atoms with Crippen molar-refractivity contribution >= 4 is 33.2 Å². The van der Waals surface area contributed by atoms with Crippen molar-refractivity contribution in [1.29, 1.82) is 0 Å². The monoisotopic (exact) mass is 444 g/mol. The van der Waals surface area contributed by atoms with E-state index in [1.807, 2.05) is 4.57 Å². The summed E-state index contributed by atoms with van der Waals surface area (Å²) in [6.07, 6.45) is 3.27. The van der Waals surface area contributed by atoms with Crippen molar-refractivity contribution in [3.05, 3.63) is 60.6 Å². The van der Waals surface area contributed by atoms with E-state index in [0.717, 1.165) is 54.9 Å². The number of hydrogen-bond acceptors (Lipinski definition) is 5. The Morgan fingerprint density at radius 2 is 1.77 bits per heavy atom. The van der Waals surface area contributed by atoms with E-state index < -0.39 is 0 Å². The molecule has 5 rings (SSSR count). The SMILES string of the molecule is CN1CCc2c(sc3c2c(=O)n(-c2ccc(Cl)cc2)c(=O)n3CCN2CCCC2)C1. The van der Waals surface area contributed by atoms with Crippen molar-refractivity contribution in [3.8, 4) is 5.69 Å². The van der Waals surface area contributed by atoms with Gasteiger partial charge in [-0.3, -0.25) is 9.36 Å². The third-order valence-corrected chi connectivity index (χ3v) is 7.73. The van der Waals surface area contributed by atoms with Crippen LogP contribution in [0.25, 0.3) is 15.9 Å². The van der Waals surface area contributed by atoms with Crippen LogP contribution in [-0.2, 0) is 19.5 Å². The molecule has 8 heteroatoms. The zero-order valence-corrected chi connectivity index (χ0v) is 18.6. The fourth-order valence-corrected chi connectivity index (χ4v) is 6.16. The van der Waals surface area contributed by atoms with Crippen LogP contribution < -0.4 is 11.2 Å². The molecule has 0 amide bonds. The lowest BCUT2D eigenvalue weighted by atomic mass is 10.1. The molecule has 2 aromatic heterocycles. The van der Waals surface area contributed by atoms with Gasteiger partial charge < -0.3 is 9.80 Å². The molecule has 3 aromatic rings. The minimum absolute atomic E-state index is 0.211. The van der Waals surface area contributed by atoms with Gasteiger partial charge in [0, 0.05) is 36.1 Å². The second kappa shape index (κ2) is 7.96. The van der Waals surface area contributed by atoms with Crippen molar-refractivity contribution in [2.75, 3.05) is 33.2 Å². The lowest BCUT2D eigenvalue weighted by Gasteiger charge is -2.21. The Bertz CT molecular complexity index is 1210. The van der Waals surface area contributed by atoms with Crippen molar-refractivity contribution in [2.24, 2.45) is 0 Å². The highest BCUT2D eigenvalue weighted by Gasteiger charge is 2.26. The molecule has 0 atom stereocenters. The van der Waals surface area contributed by atoms with Crippen LogP contribution in [0.3, 0.4) is 0 Å². The van der Waals surface area contributed by atoms with E-state index in [0.29, 0.717) is 17.3 Å². The van der Waals surface area contributed by atoms with Crippen LogP contribution in [0.2, 0.25) is 5.02 Å². The van der Waals surface area contributed by atoms with Crippen molar-refractivity contribution in [1.82, 2.24) is 18.9 Å². The molecular weight excluding hydrogens is 420 g/mol. The highest BCUT2D eigenvalue weighted by atomic mass is 35.5. The number of likely N-dealkylation sites (N-methyl/N-ethyl adjacent to an activating group) is 1. The standard InChI is InChI=1S/C22H25ClN4O2S/c1-24-11-8-17-18(14-24)30-21-19(17)20(28)27(16-6-4-15(23)5-7-16)22(29)26(21)13-12-25-9-2-3-10-25/h4-7H,2-3,8-14H2,1H3. The first-order chi connectivity index (χ1) is 14.5. The van der Waals surface area contributed by atoms with Crippen molar-refractivity contribution in [2.45, 2.75) is 32.4 Å². The molecule has 0 bridgehead atoms. The number of halogens is 1. The fraction of sp³-hybridized carbons (Fsp3) is 0.455. The van der Waals surface area contributed by atoms with E-state index >= 15 is 0 Å². The zero-order chi connectivity index (χ0) is 20.8. The molecule has 158 valence electrons. The number of rotatable bonds is 4. The minimum atomic E-state index is -0.263. The van der Waals surface area contributed by atoms with Gasteiger partial charge in [0.25, 0.3) is 5.56 Å². The predicted octanol–water partition coefficient (Wildman–Crippen LogP) is 2.95. The van der Waals surface area contributed by atoms with Gasteiger partial charge in [-0.2, -0.15) is 0 Å². The molecule has 0 N–H and O–H groups in total. The quantitative estimate of drug-likeness (QED) is 0.620. The van der Waals surface area contributed by atoms with Gasteiger partial charge in [-0.1, -0.05) is 11.6 Å². The first-order valence-corrected chi connectivity index (χ1v) is 11.7. The molecule has 1 fully saturated rings. The van der Waals surface area contributed by atoms with E-state index in [2.05, 4.69) is 16.8 Å². The van der Waals surface area contributed by atoms with Gasteiger partial charge in [0.1, 0.15) is 4.83 Å². The van der Waals surface area contributed by atoms with Gasteiger partial charge in [0.05, 0.1) is 11.1 Å². The summed E-state index contributed by atoms with van der Waals surface area (Å²) < 4.78 is 3.15. The maximum Gasteiger partial charge on any atom is 0.336 e. The summed E-state index contributed by atoms with van der Waals surface area (Å²) in [5.74, 6) is 0. The first-order valence-electron chi connectivity index (χ1n) is 10.5. The average molecular weight is 445 g/mol. The third kappa shape index (κ3) is 3.43. The van der Waals surface area contributed by atoms with Crippen LogP contribution in [0.15, 0.2) is 33.9 Å². The molecular formula is C22H25ClN4O2S. The molecule has 4 heterocycles. The molecule has 2 aliphatic heterocycles. The van der Waals surface area contributed by atoms with E-state index in [-0.39, 0.29) is 11.2 Å². The number of thiophene rings is 1. The highest BCUT2D eigenvalue weighted by molar-refractivity contribution is 7.18. The summed E-state index contributed by atoms with van der Waals surface area (Å²) in [6.45, 7) is 5.34. The maximum atomic E-state index is 13.6. The van der Waals surface area contributed by atoms with Crippen LogP contribution in [0.4, 0.5) is 0 Å². The van der Waals surface area contributed by atoms with Crippen LogP contribution in [0, 0.1) is 0 Å². The summed E-state index contributed by atoms with van der Waals surface area (Å²) >= 11 is 7.65. The molecule has 0 spiro atoms. The average Bonchev–Trinajstić information content (AvgIpc) is 3.36. The molecule has 0 radical (unpaired) electrons. The number of fused-ring (bicyclic) bond motifs is 3. The van der Waals surface area contributed by atoms with Gasteiger partial charge in [-0.25, -0.2) is 9.36 Å². The number of aromatic nitrogens is 2. The van der Waals surface area contributed by atoms with Crippen molar-refractivity contribution in [3.63, 3.8) is 0 Å². The summed E-state index contributed by atoms with van der Waals surface area (Å²) in [5.41, 5.74) is 1.22. The summed E-state index contributed by atoms with van der Waals surface area (Å²) in [7, 11) is 2.10. The van der Waals surface area contributed by atoms with Crippen LogP contribution in [0.1, 0.15) is 23.3 Å². The number of hydrogen-bond donors (Lipinski definition) is 0. The second-order valence-electron chi connectivity index (χ2n) is 8.27. The predicted molar refractivity (Wildman–Crippen MR) is 122 cm³/mol. The number of benzene rings is 1. The topological polar surface area (TPSA) is 50.5 Å². The molecule has 0 unspecified atom stereocenters. The first kappa shape index (κ1) is 20.0. The van der Waals surface area contributed by atoms with E-state index in [1.54, 1.807) is 35.6 Å². The molecule has 0 saturated carbocycles. The van der Waals surface area contributed by atoms with Gasteiger partial charge in [0.15, 0.2) is 0 Å². The van der Waals surface area contributed by atoms with Crippen LogP contribution in [-0.4, -0.2) is 52.2 Å². The lowest BCUT2D eigenvalue weighted by Crippen LogP contribution is -2.40. The number of nitrogens with zero attached hydrogens (tertiary/aromatic N) is 4. The summed E-state index contributed by atoms with van der Waals surface area (Å²) in [6, 6.07) is 6.93. The molecule has 0 aliphatic carbocycles. The Morgan fingerprint density at radius 1 is 1.03 bits per heavy atom. The molecule has 1 saturated heterocycles. The fourth-order valence-electron chi connectivity index (χ4n) is 4.60. The normalized spacial score (nSPS) is 17.7. The van der Waals surface area contributed by atoms with Gasteiger partial charge in [0.2, 0.25) is 0 Å². The van der Waals surface area contributed by atoms with Gasteiger partial charge in [-0.05, 0) is 69.2 Å². The van der Waals surface area contributed by atoms with E-state index in [1.165, 1.54) is 22.3 Å². The van der Waals surface area contributed by atoms with Crippen LogP contribution >= 0.6 is 22.9 Å². The Kier molecular flexibility index (Phi) is 5.31. The zero-order valence-electron chi connectivity index (χ0n) is 17.1.